The zero-order valence-corrected chi connectivity index (χ0v) is 8.58. The van der Waals surface area contributed by atoms with E-state index in [9.17, 15) is 9.59 Å². The normalized spacial score (nSPS) is 9.57. The molecule has 0 unspecified atom stereocenters. The van der Waals surface area contributed by atoms with Gasteiger partial charge in [-0.05, 0) is 0 Å². The van der Waals surface area contributed by atoms with Gasteiger partial charge in [-0.3, -0.25) is 9.68 Å². The van der Waals surface area contributed by atoms with Crippen molar-refractivity contribution in [1.82, 2.24) is 0 Å². The molecule has 0 aromatic heterocycles. The second-order valence-corrected chi connectivity index (χ2v) is 2.56. The van der Waals surface area contributed by atoms with E-state index in [4.69, 9.17) is 4.74 Å². The van der Waals surface area contributed by atoms with Crippen LogP contribution in [0.5, 0.6) is 0 Å². The summed E-state index contributed by atoms with van der Waals surface area (Å²) in [6, 6.07) is 0. The number of carbonyl (C=O) groups is 2. The Morgan fingerprint density at radius 2 is 1.64 bits per heavy atom. The fourth-order valence-electron chi connectivity index (χ4n) is 0.572. The Balaban J connectivity index is 3.14. The van der Waals surface area contributed by atoms with E-state index in [1.54, 1.807) is 13.8 Å². The number of carbonyl (C=O) groups excluding carboxylic acids is 2. The van der Waals surface area contributed by atoms with Gasteiger partial charge in [0.1, 0.15) is 0 Å². The largest absolute Gasteiger partial charge is 0.466 e. The second-order valence-electron chi connectivity index (χ2n) is 2.56. The van der Waals surface area contributed by atoms with Crippen molar-refractivity contribution >= 4 is 11.9 Å². The predicted octanol–water partition coefficient (Wildman–Crippen LogP) is 1.21. The van der Waals surface area contributed by atoms with E-state index >= 15 is 0 Å². The molecule has 0 spiro atoms. The van der Waals surface area contributed by atoms with Gasteiger partial charge in [0.2, 0.25) is 0 Å². The third-order valence-corrected chi connectivity index (χ3v) is 1.36. The van der Waals surface area contributed by atoms with Crippen molar-refractivity contribution in [2.24, 2.45) is 0 Å². The summed E-state index contributed by atoms with van der Waals surface area (Å²) in [6.07, 6.45) is 1.17. The van der Waals surface area contributed by atoms with Gasteiger partial charge in [0.05, 0.1) is 13.2 Å². The standard InChI is InChI=1S/C9H16O5/c1-3-8(10)12-6-5-7-13-14-9(11)4-2/h3-7H2,1-2H3. The molecule has 5 heteroatoms. The van der Waals surface area contributed by atoms with E-state index in [-0.39, 0.29) is 25.6 Å². The highest BCUT2D eigenvalue weighted by Gasteiger charge is 2.00. The molecule has 14 heavy (non-hydrogen) atoms. The highest BCUT2D eigenvalue weighted by molar-refractivity contribution is 5.68. The molecule has 0 saturated heterocycles. The van der Waals surface area contributed by atoms with Gasteiger partial charge in [0.15, 0.2) is 0 Å². The van der Waals surface area contributed by atoms with Crippen LogP contribution in [0.3, 0.4) is 0 Å². The van der Waals surface area contributed by atoms with Crippen LogP contribution in [0.15, 0.2) is 0 Å². The first kappa shape index (κ1) is 12.9. The van der Waals surface area contributed by atoms with Crippen molar-refractivity contribution in [3.63, 3.8) is 0 Å². The molecule has 0 bridgehead atoms. The summed E-state index contributed by atoms with van der Waals surface area (Å²) in [7, 11) is 0. The van der Waals surface area contributed by atoms with Crippen LogP contribution in [-0.4, -0.2) is 25.2 Å². The molecule has 0 aliphatic carbocycles. The minimum atomic E-state index is -0.407. The molecule has 0 radical (unpaired) electrons. The third kappa shape index (κ3) is 7.54. The fraction of sp³-hybridized carbons (Fsp3) is 0.778. The first-order chi connectivity index (χ1) is 6.70. The van der Waals surface area contributed by atoms with Crippen molar-refractivity contribution in [3.8, 4) is 0 Å². The van der Waals surface area contributed by atoms with Gasteiger partial charge in [0, 0.05) is 19.3 Å². The average Bonchev–Trinajstić information content (AvgIpc) is 2.22. The zero-order valence-electron chi connectivity index (χ0n) is 8.58. The quantitative estimate of drug-likeness (QED) is 0.270. The lowest BCUT2D eigenvalue weighted by atomic mass is 10.5. The number of ether oxygens (including phenoxy) is 1. The Bertz CT molecular complexity index is 158. The van der Waals surface area contributed by atoms with Gasteiger partial charge in [-0.15, -0.1) is 0 Å². The van der Waals surface area contributed by atoms with Crippen molar-refractivity contribution < 1.29 is 24.1 Å². The minimum Gasteiger partial charge on any atom is -0.466 e. The van der Waals surface area contributed by atoms with Crippen LogP contribution in [-0.2, 0) is 24.1 Å². The smallest absolute Gasteiger partial charge is 0.342 e. The van der Waals surface area contributed by atoms with E-state index in [0.717, 1.165) is 0 Å². The van der Waals surface area contributed by atoms with Gasteiger partial charge in [-0.1, -0.05) is 13.8 Å². The van der Waals surface area contributed by atoms with Crippen molar-refractivity contribution in [2.75, 3.05) is 13.2 Å². The summed E-state index contributed by atoms with van der Waals surface area (Å²) in [5.41, 5.74) is 0. The van der Waals surface area contributed by atoms with Crippen LogP contribution in [0.2, 0.25) is 0 Å². The molecule has 0 aromatic carbocycles. The first-order valence-electron chi connectivity index (χ1n) is 4.68. The van der Waals surface area contributed by atoms with Crippen LogP contribution in [0.4, 0.5) is 0 Å². The summed E-state index contributed by atoms with van der Waals surface area (Å²) in [5.74, 6) is -0.647. The minimum absolute atomic E-state index is 0.239. The van der Waals surface area contributed by atoms with Crippen LogP contribution in [0.25, 0.3) is 0 Å². The molecule has 0 atom stereocenters. The molecule has 0 heterocycles. The highest BCUT2D eigenvalue weighted by atomic mass is 17.2. The maximum atomic E-state index is 10.7. The van der Waals surface area contributed by atoms with Crippen LogP contribution in [0, 0.1) is 0 Å². The Morgan fingerprint density at radius 3 is 2.21 bits per heavy atom. The van der Waals surface area contributed by atoms with E-state index in [1.165, 1.54) is 0 Å². The Labute approximate surface area is 83.3 Å². The Morgan fingerprint density at radius 1 is 1.00 bits per heavy atom. The molecule has 0 rings (SSSR count). The molecule has 5 nitrogen and oxygen atoms in total. The van der Waals surface area contributed by atoms with Gasteiger partial charge < -0.3 is 4.74 Å². The Hall–Kier alpha value is -1.10. The number of hydrogen-bond acceptors (Lipinski definition) is 5. The lowest BCUT2D eigenvalue weighted by Crippen LogP contribution is -2.09. The third-order valence-electron chi connectivity index (χ3n) is 1.36. The summed E-state index contributed by atoms with van der Waals surface area (Å²) >= 11 is 0. The van der Waals surface area contributed by atoms with Crippen molar-refractivity contribution in [2.45, 2.75) is 33.1 Å². The molecule has 0 fully saturated rings. The second kappa shape index (κ2) is 8.50. The zero-order chi connectivity index (χ0) is 10.8. The van der Waals surface area contributed by atoms with Gasteiger partial charge in [-0.2, -0.15) is 4.89 Å². The fourth-order valence-corrected chi connectivity index (χ4v) is 0.572. The molecule has 0 saturated carbocycles. The summed E-state index contributed by atoms with van der Waals surface area (Å²) < 4.78 is 4.77. The summed E-state index contributed by atoms with van der Waals surface area (Å²) in [4.78, 5) is 30.1. The van der Waals surface area contributed by atoms with Crippen LogP contribution < -0.4 is 0 Å². The van der Waals surface area contributed by atoms with E-state index in [0.29, 0.717) is 12.8 Å². The maximum Gasteiger partial charge on any atom is 0.342 e. The molecule has 0 aromatic rings. The van der Waals surface area contributed by atoms with Crippen LogP contribution >= 0.6 is 0 Å². The monoisotopic (exact) mass is 204 g/mol. The van der Waals surface area contributed by atoms with Crippen molar-refractivity contribution in [1.29, 1.82) is 0 Å². The molecule has 0 N–H and O–H groups in total. The summed E-state index contributed by atoms with van der Waals surface area (Å²) in [5, 5.41) is 0. The SMILES string of the molecule is CCC(=O)OCCCOOC(=O)CC. The highest BCUT2D eigenvalue weighted by Crippen LogP contribution is 1.91. The van der Waals surface area contributed by atoms with Crippen LogP contribution in [0.1, 0.15) is 33.1 Å². The summed E-state index contributed by atoms with van der Waals surface area (Å²) in [6.45, 7) is 3.93. The molecule has 0 aliphatic rings. The van der Waals surface area contributed by atoms with Crippen molar-refractivity contribution in [3.05, 3.63) is 0 Å². The topological polar surface area (TPSA) is 61.8 Å². The van der Waals surface area contributed by atoms with Gasteiger partial charge in [-0.25, -0.2) is 4.79 Å². The lowest BCUT2D eigenvalue weighted by molar-refractivity contribution is -0.273. The van der Waals surface area contributed by atoms with E-state index in [2.05, 4.69) is 9.78 Å². The molecular weight excluding hydrogens is 188 g/mol. The van der Waals surface area contributed by atoms with E-state index < -0.39 is 5.97 Å². The van der Waals surface area contributed by atoms with E-state index in [1.807, 2.05) is 0 Å². The molecule has 82 valence electrons. The van der Waals surface area contributed by atoms with Gasteiger partial charge in [0.25, 0.3) is 0 Å². The first-order valence-corrected chi connectivity index (χ1v) is 4.68. The predicted molar refractivity (Wildman–Crippen MR) is 48.2 cm³/mol. The number of rotatable bonds is 7. The molecular formula is C9H16O5. The maximum absolute atomic E-state index is 10.7. The number of hydrogen-bond donors (Lipinski definition) is 0. The average molecular weight is 204 g/mol. The lowest BCUT2D eigenvalue weighted by Gasteiger charge is -2.03. The molecule has 0 amide bonds. The number of esters is 1. The molecule has 0 aliphatic heterocycles. The van der Waals surface area contributed by atoms with Gasteiger partial charge >= 0.3 is 11.9 Å². The Kier molecular flexibility index (Phi) is 7.83.